The smallest absolute Gasteiger partial charge is 0.408 e. The van der Waals surface area contributed by atoms with E-state index in [0.29, 0.717) is 11.3 Å². The summed E-state index contributed by atoms with van der Waals surface area (Å²) in [6, 6.07) is 23.7. The molecule has 2 atom stereocenters. The maximum absolute atomic E-state index is 12.8. The molecule has 2 unspecified atom stereocenters. The van der Waals surface area contributed by atoms with Gasteiger partial charge in [-0.05, 0) is 35.2 Å². The van der Waals surface area contributed by atoms with Crippen LogP contribution in [0, 0.1) is 0 Å². The Morgan fingerprint density at radius 2 is 1.35 bits per heavy atom. The first-order chi connectivity index (χ1) is 17.8. The topological polar surface area (TPSA) is 120 Å². The summed E-state index contributed by atoms with van der Waals surface area (Å²) in [5.41, 5.74) is 2.21. The summed E-state index contributed by atoms with van der Waals surface area (Å²) in [5, 5.41) is 2.44. The Morgan fingerprint density at radius 3 is 1.92 bits per heavy atom. The highest BCUT2D eigenvalue weighted by Gasteiger charge is 2.28. The number of hydrogen-bond acceptors (Lipinski definition) is 7. The Bertz CT molecular complexity index is 1170. The van der Waals surface area contributed by atoms with Gasteiger partial charge in [-0.2, -0.15) is 0 Å². The van der Waals surface area contributed by atoms with E-state index in [1.165, 1.54) is 0 Å². The zero-order chi connectivity index (χ0) is 26.5. The molecule has 0 saturated heterocycles. The van der Waals surface area contributed by atoms with Gasteiger partial charge in [-0.3, -0.25) is 4.57 Å². The molecule has 0 radical (unpaired) electrons. The van der Waals surface area contributed by atoms with E-state index >= 15 is 0 Å². The van der Waals surface area contributed by atoms with Crippen molar-refractivity contribution >= 4 is 19.7 Å². The number of amides is 1. The maximum atomic E-state index is 12.8. The first kappa shape index (κ1) is 27.9. The van der Waals surface area contributed by atoms with E-state index < -0.39 is 25.7 Å². The molecule has 0 aliphatic carbocycles. The third-order valence-electron chi connectivity index (χ3n) is 5.31. The first-order valence-electron chi connectivity index (χ1n) is 11.6. The van der Waals surface area contributed by atoms with Gasteiger partial charge in [0.25, 0.3) is 0 Å². The largest absolute Gasteiger partial charge is 0.497 e. The zero-order valence-corrected chi connectivity index (χ0v) is 21.3. The quantitative estimate of drug-likeness (QED) is 0.240. The number of hydrogen-bond donors (Lipinski definition) is 2. The molecule has 0 aromatic heterocycles. The van der Waals surface area contributed by atoms with Crippen molar-refractivity contribution in [2.75, 3.05) is 13.3 Å². The van der Waals surface area contributed by atoms with Gasteiger partial charge in [-0.1, -0.05) is 72.8 Å². The number of carbonyl (C=O) groups is 2. The fourth-order valence-corrected chi connectivity index (χ4v) is 4.30. The average Bonchev–Trinajstić information content (AvgIpc) is 2.93. The second-order valence-corrected chi connectivity index (χ2v) is 10.1. The molecule has 0 aliphatic rings. The van der Waals surface area contributed by atoms with E-state index in [0.717, 1.165) is 11.1 Å². The Labute approximate surface area is 215 Å². The summed E-state index contributed by atoms with van der Waals surface area (Å²) in [6.07, 6.45) is -1.42. The molecule has 3 aromatic rings. The van der Waals surface area contributed by atoms with Gasteiger partial charge in [0.2, 0.25) is 0 Å². The predicted octanol–water partition coefficient (Wildman–Crippen LogP) is 4.83. The van der Waals surface area contributed by atoms with Gasteiger partial charge < -0.3 is 28.9 Å². The molecular weight excluding hydrogens is 497 g/mol. The summed E-state index contributed by atoms with van der Waals surface area (Å²) in [6.45, 7) is -0.114. The number of benzene rings is 3. The van der Waals surface area contributed by atoms with Crippen molar-refractivity contribution in [3.05, 3.63) is 102 Å². The second kappa shape index (κ2) is 14.2. The van der Waals surface area contributed by atoms with Gasteiger partial charge in [-0.25, -0.2) is 9.59 Å². The minimum Gasteiger partial charge on any atom is -0.497 e. The van der Waals surface area contributed by atoms with Gasteiger partial charge in [-0.15, -0.1) is 0 Å². The van der Waals surface area contributed by atoms with Crippen LogP contribution < -0.4 is 10.1 Å². The molecule has 0 saturated carbocycles. The van der Waals surface area contributed by atoms with Crippen LogP contribution in [0.2, 0.25) is 0 Å². The van der Waals surface area contributed by atoms with Gasteiger partial charge in [0.05, 0.1) is 19.9 Å². The molecule has 3 aromatic carbocycles. The van der Waals surface area contributed by atoms with Crippen LogP contribution in [0.3, 0.4) is 0 Å². The lowest BCUT2D eigenvalue weighted by Gasteiger charge is -2.19. The van der Waals surface area contributed by atoms with Crippen LogP contribution in [-0.4, -0.2) is 36.3 Å². The van der Waals surface area contributed by atoms with E-state index in [9.17, 15) is 19.0 Å². The molecule has 10 heteroatoms. The highest BCUT2D eigenvalue weighted by Crippen LogP contribution is 2.43. The van der Waals surface area contributed by atoms with Crippen LogP contribution in [0.15, 0.2) is 84.9 Å². The van der Waals surface area contributed by atoms with Crippen LogP contribution >= 0.6 is 7.60 Å². The van der Waals surface area contributed by atoms with Crippen LogP contribution in [0.1, 0.15) is 23.1 Å². The molecule has 0 fully saturated rings. The number of methoxy groups -OCH3 is 1. The molecule has 0 spiro atoms. The Kier molecular flexibility index (Phi) is 10.7. The third-order valence-corrected chi connectivity index (χ3v) is 6.66. The first-order valence-corrected chi connectivity index (χ1v) is 13.4. The van der Waals surface area contributed by atoms with Gasteiger partial charge in [0.15, 0.2) is 0 Å². The molecule has 3 rings (SSSR count). The van der Waals surface area contributed by atoms with Crippen molar-refractivity contribution in [3.8, 4) is 5.75 Å². The highest BCUT2D eigenvalue weighted by atomic mass is 31.2. The summed E-state index contributed by atoms with van der Waals surface area (Å²) < 4.78 is 33.5. The number of rotatable bonds is 13. The monoisotopic (exact) mass is 527 g/mol. The van der Waals surface area contributed by atoms with Gasteiger partial charge in [0, 0.05) is 0 Å². The summed E-state index contributed by atoms with van der Waals surface area (Å²) in [7, 11) is -2.54. The summed E-state index contributed by atoms with van der Waals surface area (Å²) in [4.78, 5) is 35.5. The Hall–Kier alpha value is -3.65. The molecule has 0 heterocycles. The number of alkyl carbamates (subject to hydrolysis) is 1. The normalized spacial score (nSPS) is 13.1. The van der Waals surface area contributed by atoms with E-state index in [2.05, 4.69) is 5.32 Å². The van der Waals surface area contributed by atoms with Crippen LogP contribution in [-0.2, 0) is 43.2 Å². The Balaban J connectivity index is 1.57. The molecule has 1 amide bonds. The van der Waals surface area contributed by atoms with Crippen molar-refractivity contribution < 1.29 is 37.8 Å². The SMILES string of the molecule is COc1ccc(COP(=O)(O)CCC(NC(=O)OCc2ccccc2)C(=O)OCc2ccccc2)cc1. The molecule has 0 bridgehead atoms. The predicted molar refractivity (Wildman–Crippen MR) is 137 cm³/mol. The molecule has 37 heavy (non-hydrogen) atoms. The van der Waals surface area contributed by atoms with Crippen molar-refractivity contribution in [3.63, 3.8) is 0 Å². The molecule has 2 N–H and O–H groups in total. The summed E-state index contributed by atoms with van der Waals surface area (Å²) in [5.74, 6) is -0.103. The Morgan fingerprint density at radius 1 is 0.811 bits per heavy atom. The van der Waals surface area contributed by atoms with Crippen LogP contribution in [0.4, 0.5) is 4.79 Å². The molecule has 0 aliphatic heterocycles. The number of carbonyl (C=O) groups excluding carboxylic acids is 2. The maximum Gasteiger partial charge on any atom is 0.408 e. The minimum absolute atomic E-state index is 0.00191. The average molecular weight is 528 g/mol. The molecule has 196 valence electrons. The van der Waals surface area contributed by atoms with Crippen molar-refractivity contribution in [1.29, 1.82) is 0 Å². The van der Waals surface area contributed by atoms with E-state index in [-0.39, 0.29) is 32.4 Å². The molecule has 9 nitrogen and oxygen atoms in total. The summed E-state index contributed by atoms with van der Waals surface area (Å²) >= 11 is 0. The van der Waals surface area contributed by atoms with E-state index in [1.54, 1.807) is 55.6 Å². The highest BCUT2D eigenvalue weighted by molar-refractivity contribution is 7.52. The van der Waals surface area contributed by atoms with E-state index in [1.807, 2.05) is 36.4 Å². The van der Waals surface area contributed by atoms with Crippen LogP contribution in [0.25, 0.3) is 0 Å². The fraction of sp³-hybridized carbons (Fsp3) is 0.259. The lowest BCUT2D eigenvalue weighted by Crippen LogP contribution is -2.42. The zero-order valence-electron chi connectivity index (χ0n) is 20.4. The lowest BCUT2D eigenvalue weighted by molar-refractivity contribution is -0.147. The second-order valence-electron chi connectivity index (χ2n) is 8.12. The van der Waals surface area contributed by atoms with Gasteiger partial charge >= 0.3 is 19.7 Å². The fourth-order valence-electron chi connectivity index (χ4n) is 3.24. The van der Waals surface area contributed by atoms with Gasteiger partial charge in [0.1, 0.15) is 25.0 Å². The van der Waals surface area contributed by atoms with Crippen molar-refractivity contribution in [1.82, 2.24) is 5.32 Å². The van der Waals surface area contributed by atoms with E-state index in [4.69, 9.17) is 18.7 Å². The van der Waals surface area contributed by atoms with Crippen molar-refractivity contribution in [2.45, 2.75) is 32.3 Å². The number of esters is 1. The minimum atomic E-state index is -4.09. The van der Waals surface area contributed by atoms with Crippen LogP contribution in [0.5, 0.6) is 5.75 Å². The van der Waals surface area contributed by atoms with Crippen molar-refractivity contribution in [2.24, 2.45) is 0 Å². The number of ether oxygens (including phenoxy) is 3. The molecular formula is C27H30NO8P. The number of nitrogens with one attached hydrogen (secondary N) is 1. The lowest BCUT2D eigenvalue weighted by atomic mass is 10.2. The standard InChI is InChI=1S/C27H30NO8P/c1-33-24-14-12-23(13-15-24)20-36-37(31,32)17-16-25(26(29)34-18-21-8-4-2-5-9-21)28-27(30)35-19-22-10-6-3-7-11-22/h2-15,25H,16-20H2,1H3,(H,28,30)(H,31,32). The third kappa shape index (κ3) is 10.1.